The monoisotopic (exact) mass is 181 g/mol. The van der Waals surface area contributed by atoms with E-state index in [0.717, 1.165) is 10.9 Å². The number of nitriles is 1. The van der Waals surface area contributed by atoms with E-state index in [-0.39, 0.29) is 0 Å². The second-order valence-electron chi connectivity index (χ2n) is 3.04. The molecule has 2 aromatic rings. The highest BCUT2D eigenvalue weighted by Gasteiger charge is 2.07. The van der Waals surface area contributed by atoms with E-state index in [1.165, 1.54) is 0 Å². The van der Waals surface area contributed by atoms with Crippen LogP contribution >= 0.6 is 0 Å². The van der Waals surface area contributed by atoms with Crippen LogP contribution in [0.5, 0.6) is 0 Å². The van der Waals surface area contributed by atoms with Gasteiger partial charge in [0.1, 0.15) is 6.07 Å². The first-order valence-corrected chi connectivity index (χ1v) is 4.13. The standard InChI is InChI=1S/C11H7N3/c1-13-10-4-3-8(7-12)11-9(10)5-6-14(11)2/h3-6H,2H3. The molecule has 0 N–H and O–H groups in total. The van der Waals surface area contributed by atoms with Gasteiger partial charge in [0.15, 0.2) is 5.69 Å². The molecule has 0 amide bonds. The van der Waals surface area contributed by atoms with Gasteiger partial charge in [-0.25, -0.2) is 4.85 Å². The molecule has 0 aliphatic heterocycles. The fourth-order valence-corrected chi connectivity index (χ4v) is 1.59. The lowest BCUT2D eigenvalue weighted by atomic mass is 10.1. The van der Waals surface area contributed by atoms with Gasteiger partial charge in [-0.15, -0.1) is 0 Å². The smallest absolute Gasteiger partial charge is 0.196 e. The van der Waals surface area contributed by atoms with Crippen LogP contribution in [0.4, 0.5) is 5.69 Å². The summed E-state index contributed by atoms with van der Waals surface area (Å²) in [7, 11) is 1.87. The zero-order valence-corrected chi connectivity index (χ0v) is 7.65. The summed E-state index contributed by atoms with van der Waals surface area (Å²) < 4.78 is 1.86. The molecule has 0 atom stereocenters. The Morgan fingerprint density at radius 3 is 2.86 bits per heavy atom. The number of nitrogens with zero attached hydrogens (tertiary/aromatic N) is 3. The van der Waals surface area contributed by atoms with Gasteiger partial charge in [0.05, 0.1) is 17.7 Å². The van der Waals surface area contributed by atoms with E-state index in [0.29, 0.717) is 11.3 Å². The third-order valence-electron chi connectivity index (χ3n) is 2.25. The van der Waals surface area contributed by atoms with Crippen molar-refractivity contribution in [3.8, 4) is 6.07 Å². The third-order valence-corrected chi connectivity index (χ3v) is 2.25. The lowest BCUT2D eigenvalue weighted by Crippen LogP contribution is -1.87. The zero-order chi connectivity index (χ0) is 10.1. The van der Waals surface area contributed by atoms with E-state index in [4.69, 9.17) is 11.8 Å². The summed E-state index contributed by atoms with van der Waals surface area (Å²) >= 11 is 0. The lowest BCUT2D eigenvalue weighted by Gasteiger charge is -1.99. The molecule has 0 saturated heterocycles. The average molecular weight is 181 g/mol. The van der Waals surface area contributed by atoms with Gasteiger partial charge in [-0.1, -0.05) is 12.1 Å². The van der Waals surface area contributed by atoms with Gasteiger partial charge >= 0.3 is 0 Å². The topological polar surface area (TPSA) is 33.1 Å². The Balaban J connectivity index is 2.99. The van der Waals surface area contributed by atoms with Crippen LogP contribution in [0.15, 0.2) is 24.4 Å². The lowest BCUT2D eigenvalue weighted by molar-refractivity contribution is 0.967. The molecule has 0 bridgehead atoms. The Bertz CT molecular complexity index is 579. The van der Waals surface area contributed by atoms with Crippen molar-refractivity contribution in [1.82, 2.24) is 4.57 Å². The number of hydrogen-bond donors (Lipinski definition) is 0. The minimum atomic E-state index is 0.597. The first-order chi connectivity index (χ1) is 6.77. The zero-order valence-electron chi connectivity index (χ0n) is 7.65. The Labute approximate surface area is 81.6 Å². The summed E-state index contributed by atoms with van der Waals surface area (Å²) in [5.74, 6) is 0. The average Bonchev–Trinajstić information content (AvgIpc) is 2.60. The highest BCUT2D eigenvalue weighted by Crippen LogP contribution is 2.28. The predicted octanol–water partition coefficient (Wildman–Crippen LogP) is 2.60. The van der Waals surface area contributed by atoms with Crippen molar-refractivity contribution in [3.63, 3.8) is 0 Å². The quantitative estimate of drug-likeness (QED) is 0.575. The van der Waals surface area contributed by atoms with Crippen molar-refractivity contribution in [3.05, 3.63) is 41.4 Å². The number of aromatic nitrogens is 1. The number of benzene rings is 1. The van der Waals surface area contributed by atoms with Crippen molar-refractivity contribution in [2.24, 2.45) is 7.05 Å². The first kappa shape index (κ1) is 8.34. The van der Waals surface area contributed by atoms with Crippen LogP contribution in [0.25, 0.3) is 15.7 Å². The summed E-state index contributed by atoms with van der Waals surface area (Å²) in [5, 5.41) is 9.75. The molecule has 0 aliphatic carbocycles. The molecule has 0 spiro atoms. The van der Waals surface area contributed by atoms with Gasteiger partial charge < -0.3 is 4.57 Å². The van der Waals surface area contributed by atoms with Crippen molar-refractivity contribution in [2.75, 3.05) is 0 Å². The van der Waals surface area contributed by atoms with Gasteiger partial charge in [-0.05, 0) is 6.07 Å². The molecule has 14 heavy (non-hydrogen) atoms. The molecular weight excluding hydrogens is 174 g/mol. The second kappa shape index (κ2) is 2.90. The van der Waals surface area contributed by atoms with Crippen LogP contribution in [0, 0.1) is 17.9 Å². The Morgan fingerprint density at radius 1 is 1.43 bits per heavy atom. The Hall–Kier alpha value is -2.26. The maximum atomic E-state index is 8.90. The predicted molar refractivity (Wildman–Crippen MR) is 53.9 cm³/mol. The number of hydrogen-bond acceptors (Lipinski definition) is 1. The van der Waals surface area contributed by atoms with Crippen molar-refractivity contribution >= 4 is 16.6 Å². The van der Waals surface area contributed by atoms with Gasteiger partial charge in [0.2, 0.25) is 0 Å². The van der Waals surface area contributed by atoms with E-state index in [1.54, 1.807) is 12.1 Å². The minimum absolute atomic E-state index is 0.597. The third kappa shape index (κ3) is 0.967. The van der Waals surface area contributed by atoms with Gasteiger partial charge in [0, 0.05) is 18.6 Å². The summed E-state index contributed by atoms with van der Waals surface area (Å²) in [6.07, 6.45) is 1.86. The number of aryl methyl sites for hydroxylation is 1. The summed E-state index contributed by atoms with van der Waals surface area (Å²) in [6.45, 7) is 7.00. The molecule has 0 unspecified atom stereocenters. The highest BCUT2D eigenvalue weighted by molar-refractivity contribution is 5.96. The molecule has 0 aliphatic rings. The fraction of sp³-hybridized carbons (Fsp3) is 0.0909. The van der Waals surface area contributed by atoms with E-state index in [1.807, 2.05) is 23.9 Å². The maximum Gasteiger partial charge on any atom is 0.196 e. The first-order valence-electron chi connectivity index (χ1n) is 4.13. The van der Waals surface area contributed by atoms with Crippen LogP contribution in [-0.2, 0) is 7.05 Å². The van der Waals surface area contributed by atoms with Crippen molar-refractivity contribution in [2.45, 2.75) is 0 Å². The highest BCUT2D eigenvalue weighted by atomic mass is 14.9. The van der Waals surface area contributed by atoms with E-state index < -0.39 is 0 Å². The maximum absolute atomic E-state index is 8.90. The molecule has 1 aromatic heterocycles. The Morgan fingerprint density at radius 2 is 2.21 bits per heavy atom. The Kier molecular flexibility index (Phi) is 1.73. The number of fused-ring (bicyclic) bond motifs is 1. The molecule has 1 aromatic carbocycles. The van der Waals surface area contributed by atoms with Crippen LogP contribution < -0.4 is 0 Å². The minimum Gasteiger partial charge on any atom is -0.351 e. The molecule has 3 nitrogen and oxygen atoms in total. The molecule has 3 heteroatoms. The molecule has 0 saturated carbocycles. The van der Waals surface area contributed by atoms with Gasteiger partial charge in [-0.2, -0.15) is 5.26 Å². The molecular formula is C11H7N3. The molecule has 66 valence electrons. The van der Waals surface area contributed by atoms with Crippen LogP contribution in [0.2, 0.25) is 0 Å². The van der Waals surface area contributed by atoms with Gasteiger partial charge in [0.25, 0.3) is 0 Å². The normalized spacial score (nSPS) is 9.64. The molecule has 1 heterocycles. The SMILES string of the molecule is [C-]#[N+]c1ccc(C#N)c2c1ccn2C. The summed E-state index contributed by atoms with van der Waals surface area (Å²) in [4.78, 5) is 3.41. The van der Waals surface area contributed by atoms with Crippen LogP contribution in [-0.4, -0.2) is 4.57 Å². The van der Waals surface area contributed by atoms with E-state index in [2.05, 4.69) is 10.9 Å². The molecule has 2 rings (SSSR count). The van der Waals surface area contributed by atoms with Crippen LogP contribution in [0.3, 0.4) is 0 Å². The van der Waals surface area contributed by atoms with Crippen LogP contribution in [0.1, 0.15) is 5.56 Å². The fourth-order valence-electron chi connectivity index (χ4n) is 1.59. The van der Waals surface area contributed by atoms with Crippen molar-refractivity contribution in [1.29, 1.82) is 5.26 Å². The van der Waals surface area contributed by atoms with Crippen molar-refractivity contribution < 1.29 is 0 Å². The summed E-state index contributed by atoms with van der Waals surface area (Å²) in [6, 6.07) is 7.37. The number of rotatable bonds is 0. The van der Waals surface area contributed by atoms with E-state index in [9.17, 15) is 0 Å². The largest absolute Gasteiger partial charge is 0.351 e. The summed E-state index contributed by atoms with van der Waals surface area (Å²) in [5.41, 5.74) is 2.04. The molecule has 0 fully saturated rings. The van der Waals surface area contributed by atoms with Gasteiger partial charge in [-0.3, -0.25) is 0 Å². The van der Waals surface area contributed by atoms with E-state index >= 15 is 0 Å². The molecule has 0 radical (unpaired) electrons. The second-order valence-corrected chi connectivity index (χ2v) is 3.04.